The van der Waals surface area contributed by atoms with Gasteiger partial charge in [-0.15, -0.1) is 0 Å². The normalized spacial score (nSPS) is 19.2. The van der Waals surface area contributed by atoms with E-state index in [-0.39, 0.29) is 11.7 Å². The molecule has 24 heavy (non-hydrogen) atoms. The van der Waals surface area contributed by atoms with Crippen molar-refractivity contribution in [1.82, 2.24) is 10.2 Å². The van der Waals surface area contributed by atoms with Crippen molar-refractivity contribution in [1.29, 1.82) is 0 Å². The lowest BCUT2D eigenvalue weighted by molar-refractivity contribution is -0.140. The number of urea groups is 1. The third-order valence-corrected chi connectivity index (χ3v) is 3.83. The minimum absolute atomic E-state index is 0.132. The van der Waals surface area contributed by atoms with Gasteiger partial charge in [-0.1, -0.05) is 12.1 Å². The Bertz CT molecular complexity index is 621. The number of hydrogen-bond acceptors (Lipinski definition) is 3. The summed E-state index contributed by atoms with van der Waals surface area (Å²) in [6.07, 6.45) is -4.11. The molecule has 1 fully saturated rings. The summed E-state index contributed by atoms with van der Waals surface area (Å²) in [6.45, 7) is 0.691. The first-order chi connectivity index (χ1) is 11.2. The quantitative estimate of drug-likeness (QED) is 0.877. The van der Waals surface area contributed by atoms with Crippen LogP contribution in [0.5, 0.6) is 0 Å². The number of amides is 2. The first-order valence-corrected chi connectivity index (χ1v) is 7.20. The van der Waals surface area contributed by atoms with Crippen molar-refractivity contribution >= 4 is 12.0 Å². The number of carboxylic acid groups (broad SMARTS) is 1. The lowest BCUT2D eigenvalue weighted by atomic mass is 10.0. The number of hydrogen-bond donors (Lipinski definition) is 2. The van der Waals surface area contributed by atoms with E-state index < -0.39 is 29.8 Å². The predicted octanol–water partition coefficient (Wildman–Crippen LogP) is 2.26. The van der Waals surface area contributed by atoms with Crippen LogP contribution in [0.2, 0.25) is 0 Å². The number of halogens is 3. The van der Waals surface area contributed by atoms with Gasteiger partial charge >= 0.3 is 18.2 Å². The fraction of sp³-hybridized carbons (Fsp3) is 0.467. The van der Waals surface area contributed by atoms with E-state index in [2.05, 4.69) is 5.32 Å². The average molecular weight is 346 g/mol. The molecule has 0 aromatic heterocycles. The topological polar surface area (TPSA) is 78.9 Å². The van der Waals surface area contributed by atoms with Crippen molar-refractivity contribution in [3.8, 4) is 0 Å². The summed E-state index contributed by atoms with van der Waals surface area (Å²) in [7, 11) is 1.51. The number of aliphatic carboxylic acids is 1. The van der Waals surface area contributed by atoms with Crippen LogP contribution in [0, 0.1) is 0 Å². The molecule has 1 aliphatic rings. The Morgan fingerprint density at radius 3 is 2.67 bits per heavy atom. The molecule has 132 valence electrons. The van der Waals surface area contributed by atoms with Crippen molar-refractivity contribution in [2.24, 2.45) is 0 Å². The van der Waals surface area contributed by atoms with E-state index in [0.29, 0.717) is 19.5 Å². The van der Waals surface area contributed by atoms with Crippen molar-refractivity contribution in [3.05, 3.63) is 35.4 Å². The fourth-order valence-corrected chi connectivity index (χ4v) is 2.50. The van der Waals surface area contributed by atoms with Crippen molar-refractivity contribution in [3.63, 3.8) is 0 Å². The van der Waals surface area contributed by atoms with Crippen LogP contribution in [0.4, 0.5) is 18.0 Å². The molecule has 1 aromatic carbocycles. The molecule has 0 bridgehead atoms. The highest BCUT2D eigenvalue weighted by molar-refractivity contribution is 5.83. The first kappa shape index (κ1) is 18.1. The third kappa shape index (κ3) is 4.16. The molecular weight excluding hydrogens is 329 g/mol. The molecule has 0 radical (unpaired) electrons. The summed E-state index contributed by atoms with van der Waals surface area (Å²) in [6, 6.07) is 1.68. The number of rotatable bonds is 4. The minimum Gasteiger partial charge on any atom is -0.479 e. The monoisotopic (exact) mass is 346 g/mol. The maximum Gasteiger partial charge on any atom is 0.416 e. The van der Waals surface area contributed by atoms with E-state index in [0.717, 1.165) is 18.2 Å². The van der Waals surface area contributed by atoms with Gasteiger partial charge in [-0.3, -0.25) is 0 Å². The highest BCUT2D eigenvalue weighted by atomic mass is 19.4. The smallest absolute Gasteiger partial charge is 0.416 e. The molecule has 1 heterocycles. The van der Waals surface area contributed by atoms with Gasteiger partial charge in [0.2, 0.25) is 0 Å². The summed E-state index contributed by atoms with van der Waals surface area (Å²) < 4.78 is 43.4. The van der Waals surface area contributed by atoms with Gasteiger partial charge in [-0.25, -0.2) is 9.59 Å². The summed E-state index contributed by atoms with van der Waals surface area (Å²) in [5.41, 5.74) is -1.12. The van der Waals surface area contributed by atoms with Gasteiger partial charge in [0.25, 0.3) is 0 Å². The molecule has 6 nitrogen and oxygen atoms in total. The highest BCUT2D eigenvalue weighted by Crippen LogP contribution is 2.31. The molecule has 2 atom stereocenters. The maximum absolute atomic E-state index is 12.8. The predicted molar refractivity (Wildman–Crippen MR) is 77.3 cm³/mol. The Morgan fingerprint density at radius 2 is 2.12 bits per heavy atom. The number of methoxy groups -OCH3 is 1. The van der Waals surface area contributed by atoms with Gasteiger partial charge in [-0.05, 0) is 24.1 Å². The Kier molecular flexibility index (Phi) is 5.33. The van der Waals surface area contributed by atoms with E-state index >= 15 is 0 Å². The summed E-state index contributed by atoms with van der Waals surface area (Å²) in [5.74, 6) is -1.44. The summed E-state index contributed by atoms with van der Waals surface area (Å²) in [4.78, 5) is 24.9. The Hall–Kier alpha value is -2.29. The molecule has 1 aromatic rings. The molecular formula is C15H17F3N2O4. The number of likely N-dealkylation sites (tertiary alicyclic amines) is 1. The number of carbonyl (C=O) groups excluding carboxylic acids is 1. The minimum atomic E-state index is -4.59. The van der Waals surface area contributed by atoms with Crippen LogP contribution in [0.1, 0.15) is 23.6 Å². The number of carboxylic acids is 1. The van der Waals surface area contributed by atoms with Crippen LogP contribution in [-0.4, -0.2) is 48.3 Å². The molecule has 1 saturated heterocycles. The third-order valence-electron chi connectivity index (χ3n) is 3.83. The molecule has 9 heteroatoms. The zero-order valence-corrected chi connectivity index (χ0v) is 12.8. The Labute approximate surface area is 136 Å². The second-order valence-corrected chi connectivity index (χ2v) is 5.44. The van der Waals surface area contributed by atoms with Crippen molar-refractivity contribution in [2.75, 3.05) is 20.2 Å². The first-order valence-electron chi connectivity index (χ1n) is 7.20. The van der Waals surface area contributed by atoms with Gasteiger partial charge in [0.15, 0.2) is 6.04 Å². The van der Waals surface area contributed by atoms with Crippen LogP contribution in [0.25, 0.3) is 0 Å². The second-order valence-electron chi connectivity index (χ2n) is 5.44. The molecule has 2 N–H and O–H groups in total. The molecule has 1 aliphatic heterocycles. The fourth-order valence-electron chi connectivity index (χ4n) is 2.50. The number of nitrogens with zero attached hydrogens (tertiary/aromatic N) is 1. The molecule has 1 unspecified atom stereocenters. The highest BCUT2D eigenvalue weighted by Gasteiger charge is 2.33. The van der Waals surface area contributed by atoms with E-state index in [4.69, 9.17) is 4.74 Å². The van der Waals surface area contributed by atoms with Gasteiger partial charge in [0, 0.05) is 20.2 Å². The van der Waals surface area contributed by atoms with Gasteiger partial charge in [-0.2, -0.15) is 13.2 Å². The zero-order chi connectivity index (χ0) is 17.9. The standard InChI is InChI=1S/C15H17F3N2O4/c1-24-11-5-6-20(8-11)14(23)19-12(13(21)22)9-3-2-4-10(7-9)15(16,17)18/h2-4,7,11-12H,5-6,8H2,1H3,(H,19,23)(H,21,22)/t11-,12?/m0/s1. The van der Waals surface area contributed by atoms with Gasteiger partial charge < -0.3 is 20.1 Å². The maximum atomic E-state index is 12.8. The van der Waals surface area contributed by atoms with E-state index in [1.165, 1.54) is 18.1 Å². The molecule has 0 saturated carbocycles. The van der Waals surface area contributed by atoms with Gasteiger partial charge in [0.1, 0.15) is 0 Å². The van der Waals surface area contributed by atoms with Crippen molar-refractivity contribution < 1.29 is 32.6 Å². The van der Waals surface area contributed by atoms with Crippen LogP contribution < -0.4 is 5.32 Å². The molecule has 0 aliphatic carbocycles. The Balaban J connectivity index is 2.16. The van der Waals surface area contributed by atoms with E-state index in [1.807, 2.05) is 0 Å². The summed E-state index contributed by atoms with van der Waals surface area (Å²) >= 11 is 0. The second kappa shape index (κ2) is 7.08. The van der Waals surface area contributed by atoms with Gasteiger partial charge in [0.05, 0.1) is 11.7 Å². The molecule has 2 amide bonds. The van der Waals surface area contributed by atoms with E-state index in [9.17, 15) is 27.9 Å². The van der Waals surface area contributed by atoms with Crippen LogP contribution >= 0.6 is 0 Å². The van der Waals surface area contributed by atoms with Crippen LogP contribution in [0.15, 0.2) is 24.3 Å². The average Bonchev–Trinajstić information content (AvgIpc) is 3.00. The molecule has 2 rings (SSSR count). The van der Waals surface area contributed by atoms with Crippen molar-refractivity contribution in [2.45, 2.75) is 24.7 Å². The number of ether oxygens (including phenoxy) is 1. The number of alkyl halides is 3. The lowest BCUT2D eigenvalue weighted by Crippen LogP contribution is -2.43. The SMILES string of the molecule is CO[C@H]1CCN(C(=O)NC(C(=O)O)c2cccc(C(F)(F)F)c2)C1. The van der Waals surface area contributed by atoms with Crippen LogP contribution in [-0.2, 0) is 15.7 Å². The molecule has 0 spiro atoms. The number of carbonyl (C=O) groups is 2. The lowest BCUT2D eigenvalue weighted by Gasteiger charge is -2.21. The largest absolute Gasteiger partial charge is 0.479 e. The van der Waals surface area contributed by atoms with Crippen LogP contribution in [0.3, 0.4) is 0 Å². The Morgan fingerprint density at radius 1 is 1.42 bits per heavy atom. The number of benzene rings is 1. The zero-order valence-electron chi connectivity index (χ0n) is 12.8. The number of nitrogens with one attached hydrogen (secondary N) is 1. The van der Waals surface area contributed by atoms with E-state index in [1.54, 1.807) is 0 Å². The summed E-state index contributed by atoms with van der Waals surface area (Å²) in [5, 5.41) is 11.5.